The molecular weight excluding hydrogens is 444 g/mol. The summed E-state index contributed by atoms with van der Waals surface area (Å²) in [5, 5.41) is 22.3. The van der Waals surface area contributed by atoms with Gasteiger partial charge in [0.05, 0.1) is 0 Å². The Bertz CT molecular complexity index is 875. The average Bonchev–Trinajstić information content (AvgIpc) is 2.70. The molecule has 1 aromatic rings. The van der Waals surface area contributed by atoms with Gasteiger partial charge in [-0.2, -0.15) is 5.23 Å². The van der Waals surface area contributed by atoms with Crippen molar-refractivity contribution in [3.63, 3.8) is 0 Å². The lowest BCUT2D eigenvalue weighted by Gasteiger charge is -2.44. The molecule has 13 nitrogen and oxygen atoms in total. The number of amides is 1. The van der Waals surface area contributed by atoms with Gasteiger partial charge in [0, 0.05) is 33.8 Å². The van der Waals surface area contributed by atoms with E-state index in [2.05, 4.69) is 5.32 Å². The standard InChI is InChI=1S/C20H26N2O11/c1-10(23)21-17-19(31-13(4)26)18(30-12(3)25)16(9-29-11(2)24)33-20(17)32-15-8-6-5-7-14(15)22(27)28/h5-8,16-20,22,27H,9H2,1-4H3,(H,21,23)/t16-,17-,18-,19-,20-/m1/s1. The van der Waals surface area contributed by atoms with Crippen molar-refractivity contribution in [3.8, 4) is 5.75 Å². The molecule has 13 heteroatoms. The van der Waals surface area contributed by atoms with E-state index in [1.54, 1.807) is 0 Å². The summed E-state index contributed by atoms with van der Waals surface area (Å²) in [4.78, 5) is 46.8. The number of quaternary nitrogens is 1. The van der Waals surface area contributed by atoms with Crippen LogP contribution in [0.25, 0.3) is 0 Å². The number of ether oxygens (including phenoxy) is 5. The van der Waals surface area contributed by atoms with Gasteiger partial charge in [0.2, 0.25) is 17.9 Å². The van der Waals surface area contributed by atoms with E-state index in [0.717, 1.165) is 20.8 Å². The second-order valence-electron chi connectivity index (χ2n) is 7.14. The maximum absolute atomic E-state index is 11.9. The molecule has 1 saturated heterocycles. The van der Waals surface area contributed by atoms with Crippen LogP contribution in [0, 0.1) is 5.21 Å². The van der Waals surface area contributed by atoms with Crippen LogP contribution in [0.3, 0.4) is 0 Å². The van der Waals surface area contributed by atoms with Gasteiger partial charge in [-0.1, -0.05) is 12.1 Å². The summed E-state index contributed by atoms with van der Waals surface area (Å²) in [6.45, 7) is 4.18. The fraction of sp³-hybridized carbons (Fsp3) is 0.500. The summed E-state index contributed by atoms with van der Waals surface area (Å²) < 4.78 is 27.2. The van der Waals surface area contributed by atoms with Gasteiger partial charge in [-0.15, -0.1) is 0 Å². The molecule has 1 amide bonds. The first-order chi connectivity index (χ1) is 15.5. The Morgan fingerprint density at radius 1 is 1.03 bits per heavy atom. The van der Waals surface area contributed by atoms with Crippen molar-refractivity contribution in [1.82, 2.24) is 5.32 Å². The molecule has 0 bridgehead atoms. The van der Waals surface area contributed by atoms with Crippen molar-refractivity contribution in [2.24, 2.45) is 0 Å². The molecule has 1 fully saturated rings. The summed E-state index contributed by atoms with van der Waals surface area (Å²) in [5.41, 5.74) is -0.189. The van der Waals surface area contributed by atoms with E-state index in [-0.39, 0.29) is 11.4 Å². The first-order valence-electron chi connectivity index (χ1n) is 9.89. The number of carbonyl (C=O) groups excluding carboxylic acids is 4. The Hall–Kier alpha value is -3.26. The van der Waals surface area contributed by atoms with Crippen molar-refractivity contribution >= 4 is 29.5 Å². The van der Waals surface area contributed by atoms with E-state index in [4.69, 9.17) is 23.7 Å². The maximum atomic E-state index is 11.9. The Kier molecular flexibility index (Phi) is 9.11. The Labute approximate surface area is 189 Å². The molecule has 2 rings (SSSR count). The number of nitrogens with one attached hydrogen (secondary N) is 2. The van der Waals surface area contributed by atoms with E-state index >= 15 is 0 Å². The fourth-order valence-electron chi connectivity index (χ4n) is 3.26. The van der Waals surface area contributed by atoms with Gasteiger partial charge in [-0.3, -0.25) is 19.2 Å². The van der Waals surface area contributed by atoms with Gasteiger partial charge in [0.1, 0.15) is 18.8 Å². The first-order valence-corrected chi connectivity index (χ1v) is 9.89. The summed E-state index contributed by atoms with van der Waals surface area (Å²) in [6.07, 6.45) is -5.18. The van der Waals surface area contributed by atoms with Gasteiger partial charge in [0.15, 0.2) is 18.0 Å². The van der Waals surface area contributed by atoms with Crippen LogP contribution in [-0.4, -0.2) is 66.3 Å². The summed E-state index contributed by atoms with van der Waals surface area (Å²) in [6, 6.07) is 4.48. The van der Waals surface area contributed by atoms with Gasteiger partial charge in [-0.25, -0.2) is 5.21 Å². The summed E-state index contributed by atoms with van der Waals surface area (Å²) >= 11 is 0. The van der Waals surface area contributed by atoms with Crippen LogP contribution in [0.1, 0.15) is 27.7 Å². The van der Waals surface area contributed by atoms with E-state index in [1.165, 1.54) is 31.2 Å². The smallest absolute Gasteiger partial charge is 0.303 e. The van der Waals surface area contributed by atoms with Gasteiger partial charge in [-0.05, 0) is 6.07 Å². The molecule has 0 radical (unpaired) electrons. The number of hydrogen-bond donors (Lipinski definition) is 3. The van der Waals surface area contributed by atoms with Crippen LogP contribution in [0.15, 0.2) is 24.3 Å². The van der Waals surface area contributed by atoms with Crippen LogP contribution in [-0.2, 0) is 38.1 Å². The van der Waals surface area contributed by atoms with Crippen LogP contribution in [0.5, 0.6) is 5.75 Å². The minimum atomic E-state index is -1.41. The molecule has 33 heavy (non-hydrogen) atoms. The highest BCUT2D eigenvalue weighted by Gasteiger charge is 2.52. The predicted octanol–water partition coefficient (Wildman–Crippen LogP) is -0.875. The normalized spacial score (nSPS) is 25.3. The van der Waals surface area contributed by atoms with Gasteiger partial charge >= 0.3 is 17.9 Å². The Morgan fingerprint density at radius 3 is 2.18 bits per heavy atom. The average molecular weight is 470 g/mol. The molecule has 0 aromatic heterocycles. The summed E-state index contributed by atoms with van der Waals surface area (Å²) in [5.74, 6) is -2.80. The lowest BCUT2D eigenvalue weighted by atomic mass is 9.96. The third-order valence-electron chi connectivity index (χ3n) is 4.43. The topological polar surface area (TPSA) is 174 Å². The third-order valence-corrected chi connectivity index (χ3v) is 4.43. The number of rotatable bonds is 8. The van der Waals surface area contributed by atoms with E-state index in [1.807, 2.05) is 0 Å². The molecule has 1 aliphatic heterocycles. The zero-order chi connectivity index (χ0) is 24.7. The molecule has 1 unspecified atom stereocenters. The molecule has 1 heterocycles. The molecular formula is C20H26N2O11. The molecule has 1 aliphatic rings. The van der Waals surface area contributed by atoms with E-state index in [9.17, 15) is 29.6 Å². The lowest BCUT2D eigenvalue weighted by Crippen LogP contribution is -2.99. The number of carbonyl (C=O) groups is 4. The zero-order valence-electron chi connectivity index (χ0n) is 18.4. The number of benzene rings is 1. The van der Waals surface area contributed by atoms with Crippen molar-refractivity contribution in [2.75, 3.05) is 6.61 Å². The molecule has 6 atom stereocenters. The summed E-state index contributed by atoms with van der Waals surface area (Å²) in [7, 11) is 0. The lowest BCUT2D eigenvalue weighted by molar-refractivity contribution is -0.991. The van der Waals surface area contributed by atoms with E-state index < -0.39 is 66.3 Å². The molecule has 1 aromatic carbocycles. The number of hydrogen-bond acceptors (Lipinski definition) is 11. The minimum Gasteiger partial charge on any atom is -0.595 e. The number of esters is 3. The SMILES string of the molecule is CC(=O)N[C@H]1[C@H](Oc2ccccc2[NH+]([O-])O)O[C@H](COC(C)=O)[C@@H](OC(C)=O)[C@@H]1OC(C)=O. The van der Waals surface area contributed by atoms with Gasteiger partial charge < -0.3 is 34.2 Å². The monoisotopic (exact) mass is 470 g/mol. The van der Waals surface area contributed by atoms with Crippen molar-refractivity contribution in [3.05, 3.63) is 29.5 Å². The highest BCUT2D eigenvalue weighted by Crippen LogP contribution is 2.30. The van der Waals surface area contributed by atoms with Crippen molar-refractivity contribution in [1.29, 1.82) is 0 Å². The number of para-hydroxylation sites is 2. The molecule has 182 valence electrons. The maximum Gasteiger partial charge on any atom is 0.303 e. The van der Waals surface area contributed by atoms with Crippen LogP contribution in [0.2, 0.25) is 0 Å². The second-order valence-corrected chi connectivity index (χ2v) is 7.14. The van der Waals surface area contributed by atoms with Crippen LogP contribution >= 0.6 is 0 Å². The quantitative estimate of drug-likeness (QED) is 0.245. The Balaban J connectivity index is 2.50. The zero-order valence-corrected chi connectivity index (χ0v) is 18.4. The second kappa shape index (κ2) is 11.6. The van der Waals surface area contributed by atoms with Crippen molar-refractivity contribution < 1.29 is 53.3 Å². The molecule has 3 N–H and O–H groups in total. The van der Waals surface area contributed by atoms with Crippen molar-refractivity contribution in [2.45, 2.75) is 58.3 Å². The largest absolute Gasteiger partial charge is 0.595 e. The third kappa shape index (κ3) is 7.39. The first kappa shape index (κ1) is 26.0. The predicted molar refractivity (Wildman–Crippen MR) is 107 cm³/mol. The fourth-order valence-corrected chi connectivity index (χ4v) is 3.26. The highest BCUT2D eigenvalue weighted by molar-refractivity contribution is 5.73. The molecule has 0 aliphatic carbocycles. The molecule has 0 saturated carbocycles. The van der Waals surface area contributed by atoms with Gasteiger partial charge in [0.25, 0.3) is 0 Å². The minimum absolute atomic E-state index is 0.0934. The van der Waals surface area contributed by atoms with Crippen LogP contribution < -0.4 is 15.3 Å². The van der Waals surface area contributed by atoms with Crippen LogP contribution in [0.4, 0.5) is 5.69 Å². The van der Waals surface area contributed by atoms with E-state index in [0.29, 0.717) is 0 Å². The highest BCUT2D eigenvalue weighted by atomic mass is 16.8. The Morgan fingerprint density at radius 2 is 1.64 bits per heavy atom. The molecule has 0 spiro atoms.